The molecule has 4 aromatic rings. The zero-order valence-electron chi connectivity index (χ0n) is 49.6. The molecule has 0 bridgehead atoms. The summed E-state index contributed by atoms with van der Waals surface area (Å²) < 4.78 is 0. The number of carbonyl (C=O) groups is 10. The number of carbonyl (C=O) groups excluding carboxylic acids is 10. The molecule has 4 aromatic carbocycles. The Morgan fingerprint density at radius 3 is 1.65 bits per heavy atom. The number of nitrogens with two attached hydrogens (primary N) is 2. The maximum Gasteiger partial charge on any atom is 0.312 e. The number of nitrogens with one attached hydrogen (secondary N) is 11. The standard InChI is InChI=1S/C62H87N13O11/c1-38(2)65-30-12-10-19-46(55(63)79)71-59(83)49-28-29-53(77)70-51(34-40-15-6-5-7-16-40)60(84)75-52(35-41-23-26-45(76)27-24-41)61(85)73-47(20-11-13-31-66-39(3)4)57(81)72-48(21-14-32-67-62(64)86)58(82)74-50(56(80)68-37-54(78)69-49)36-42-22-25-43-17-8-9-18-44(43)33-42/h5-9,15-18,22-27,33,38-39,46-52,65-66,76H,10-14,19-21,28-32,34-37H2,1-4H3,(H2,63,79)(H,68,80)(H,69,78)(H,70,77)(H,71,83)(H,72,81)(H,73,85)(H,74,82)(H,75,84)(H3,64,67,86)/t46-,47?,48?,49+,50?,51-,52-/m0/s1. The van der Waals surface area contributed by atoms with Crippen LogP contribution in [-0.2, 0) is 62.4 Å². The molecule has 86 heavy (non-hydrogen) atoms. The summed E-state index contributed by atoms with van der Waals surface area (Å²) in [7, 11) is 0. The van der Waals surface area contributed by atoms with Crippen molar-refractivity contribution in [2.45, 2.75) is 166 Å². The van der Waals surface area contributed by atoms with Crippen LogP contribution in [0.3, 0.4) is 0 Å². The monoisotopic (exact) mass is 1190 g/mol. The van der Waals surface area contributed by atoms with Crippen LogP contribution in [0.1, 0.15) is 109 Å². The van der Waals surface area contributed by atoms with Gasteiger partial charge in [-0.15, -0.1) is 0 Å². The van der Waals surface area contributed by atoms with Gasteiger partial charge in [-0.1, -0.05) is 113 Å². The number of phenolic OH excluding ortho intramolecular Hbond substituents is 1. The number of hydrogen-bond donors (Lipinski definition) is 14. The second-order valence-corrected chi connectivity index (χ2v) is 22.3. The molecule has 16 N–H and O–H groups in total. The highest BCUT2D eigenvalue weighted by atomic mass is 16.3. The fourth-order valence-corrected chi connectivity index (χ4v) is 9.72. The van der Waals surface area contributed by atoms with Gasteiger partial charge in [0.2, 0.25) is 53.2 Å². The third kappa shape index (κ3) is 24.5. The predicted molar refractivity (Wildman–Crippen MR) is 325 cm³/mol. The minimum Gasteiger partial charge on any atom is -0.508 e. The minimum absolute atomic E-state index is 0.00314. The number of amides is 11. The number of rotatable bonds is 25. The van der Waals surface area contributed by atoms with Gasteiger partial charge in [-0.25, -0.2) is 4.79 Å². The largest absolute Gasteiger partial charge is 0.508 e. The van der Waals surface area contributed by atoms with Gasteiger partial charge in [-0.2, -0.15) is 0 Å². The first-order chi connectivity index (χ1) is 41.1. The topological polar surface area (TPSA) is 375 Å². The smallest absolute Gasteiger partial charge is 0.312 e. The molecule has 1 saturated heterocycles. The summed E-state index contributed by atoms with van der Waals surface area (Å²) in [6, 6.07) is 17.7. The number of unbranched alkanes of at least 4 members (excludes halogenated alkanes) is 2. The zero-order chi connectivity index (χ0) is 62.5. The Morgan fingerprint density at radius 2 is 1.05 bits per heavy atom. The first-order valence-corrected chi connectivity index (χ1v) is 29.6. The lowest BCUT2D eigenvalue weighted by atomic mass is 10.00. The molecular weight excluding hydrogens is 1100 g/mol. The summed E-state index contributed by atoms with van der Waals surface area (Å²) in [6.07, 6.45) is 1.17. The number of fused-ring (bicyclic) bond motifs is 1. The second kappa shape index (κ2) is 35.6. The van der Waals surface area contributed by atoms with Crippen LogP contribution in [0.15, 0.2) is 97.1 Å². The number of phenols is 1. The van der Waals surface area contributed by atoms with Crippen molar-refractivity contribution in [1.29, 1.82) is 0 Å². The van der Waals surface area contributed by atoms with E-state index in [2.05, 4.69) is 58.5 Å². The van der Waals surface area contributed by atoms with Crippen LogP contribution in [-0.4, -0.2) is 145 Å². The summed E-state index contributed by atoms with van der Waals surface area (Å²) in [5.74, 6) is -7.43. The molecule has 0 saturated carbocycles. The Morgan fingerprint density at radius 1 is 0.535 bits per heavy atom. The lowest BCUT2D eigenvalue weighted by Crippen LogP contribution is -2.60. The molecule has 466 valence electrons. The molecule has 5 rings (SSSR count). The average molecular weight is 1190 g/mol. The van der Waals surface area contributed by atoms with Gasteiger partial charge in [0.15, 0.2) is 0 Å². The van der Waals surface area contributed by atoms with Crippen LogP contribution < -0.4 is 70.0 Å². The molecule has 7 atom stereocenters. The first kappa shape index (κ1) is 68.1. The highest BCUT2D eigenvalue weighted by Gasteiger charge is 2.34. The molecule has 24 heteroatoms. The van der Waals surface area contributed by atoms with Gasteiger partial charge in [0.1, 0.15) is 48.0 Å². The third-order valence-electron chi connectivity index (χ3n) is 14.4. The molecule has 11 amide bonds. The molecule has 1 heterocycles. The quantitative estimate of drug-likeness (QED) is 0.0415. The van der Waals surface area contributed by atoms with Gasteiger partial charge in [-0.05, 0) is 110 Å². The molecule has 24 nitrogen and oxygen atoms in total. The Bertz CT molecular complexity index is 2910. The Labute approximate surface area is 502 Å². The van der Waals surface area contributed by atoms with E-state index in [9.17, 15) is 53.1 Å². The Balaban J connectivity index is 1.58. The predicted octanol–water partition coefficient (Wildman–Crippen LogP) is 1.15. The summed E-state index contributed by atoms with van der Waals surface area (Å²) in [6.45, 7) is 8.43. The fraction of sp³-hybridized carbons (Fsp3) is 0.484. The van der Waals surface area contributed by atoms with Gasteiger partial charge in [-0.3, -0.25) is 43.2 Å². The number of benzene rings is 4. The van der Waals surface area contributed by atoms with Crippen molar-refractivity contribution in [3.63, 3.8) is 0 Å². The van der Waals surface area contributed by atoms with Crippen LogP contribution in [0.4, 0.5) is 4.79 Å². The molecule has 3 unspecified atom stereocenters. The van der Waals surface area contributed by atoms with Crippen molar-refractivity contribution in [3.05, 3.63) is 114 Å². The molecule has 1 aliphatic rings. The van der Waals surface area contributed by atoms with E-state index in [4.69, 9.17) is 11.5 Å². The molecule has 1 fully saturated rings. The van der Waals surface area contributed by atoms with Crippen molar-refractivity contribution >= 4 is 70.0 Å². The van der Waals surface area contributed by atoms with E-state index >= 15 is 0 Å². The second-order valence-electron chi connectivity index (χ2n) is 22.3. The molecule has 0 aromatic heterocycles. The van der Waals surface area contributed by atoms with Crippen molar-refractivity contribution < 1.29 is 53.1 Å². The van der Waals surface area contributed by atoms with Crippen LogP contribution in [0.25, 0.3) is 10.8 Å². The summed E-state index contributed by atoms with van der Waals surface area (Å²) in [5, 5.41) is 42.7. The highest BCUT2D eigenvalue weighted by molar-refractivity contribution is 5.98. The van der Waals surface area contributed by atoms with E-state index in [1.165, 1.54) is 12.1 Å². The summed E-state index contributed by atoms with van der Waals surface area (Å²) >= 11 is 0. The normalized spacial score (nSPS) is 20.1. The summed E-state index contributed by atoms with van der Waals surface area (Å²) in [5.41, 5.74) is 12.9. The SMILES string of the molecule is CC(C)NCCCCC1NC(=O)[C@H](Cc2ccc(O)cc2)NC(=O)[C@H](Cc2ccccc2)NC(=O)CC[C@H](C(=O)N[C@@H](CCCCNC(C)C)C(N)=O)NC(=O)CNC(=O)C(Cc2ccc3ccccc3c2)NC(=O)C(CCCNC(N)=O)NC1=O. The molecule has 0 spiro atoms. The number of primary amides is 2. The van der Waals surface area contributed by atoms with E-state index in [1.54, 1.807) is 48.5 Å². The highest BCUT2D eigenvalue weighted by Crippen LogP contribution is 2.18. The van der Waals surface area contributed by atoms with E-state index in [1.807, 2.05) is 64.1 Å². The van der Waals surface area contributed by atoms with Gasteiger partial charge in [0.25, 0.3) is 0 Å². The van der Waals surface area contributed by atoms with Crippen molar-refractivity contribution in [2.24, 2.45) is 11.5 Å². The zero-order valence-corrected chi connectivity index (χ0v) is 49.6. The first-order valence-electron chi connectivity index (χ1n) is 29.6. The maximum absolute atomic E-state index is 14.9. The fourth-order valence-electron chi connectivity index (χ4n) is 9.72. The van der Waals surface area contributed by atoms with Crippen LogP contribution in [0.2, 0.25) is 0 Å². The van der Waals surface area contributed by atoms with E-state index in [0.717, 1.165) is 10.8 Å². The minimum atomic E-state index is -1.50. The van der Waals surface area contributed by atoms with Crippen molar-refractivity contribution in [3.8, 4) is 5.75 Å². The van der Waals surface area contributed by atoms with Crippen molar-refractivity contribution in [2.75, 3.05) is 26.2 Å². The molecule has 0 aliphatic carbocycles. The molecular formula is C62H87N13O11. The molecule has 0 radical (unpaired) electrons. The maximum atomic E-state index is 14.9. The lowest BCUT2D eigenvalue weighted by Gasteiger charge is -2.27. The van der Waals surface area contributed by atoms with Crippen LogP contribution in [0.5, 0.6) is 5.75 Å². The molecule has 1 aliphatic heterocycles. The van der Waals surface area contributed by atoms with E-state index in [0.29, 0.717) is 55.5 Å². The average Bonchev–Trinajstić information content (AvgIpc) is 3.47. The lowest BCUT2D eigenvalue weighted by molar-refractivity contribution is -0.135. The Hall–Kier alpha value is -8.64. The van der Waals surface area contributed by atoms with Gasteiger partial charge in [0, 0.05) is 44.3 Å². The number of hydrogen-bond acceptors (Lipinski definition) is 13. The Kier molecular flexibility index (Phi) is 28.2. The number of urea groups is 1. The van der Waals surface area contributed by atoms with Crippen LogP contribution >= 0.6 is 0 Å². The number of aromatic hydroxyl groups is 1. The third-order valence-corrected chi connectivity index (χ3v) is 14.4. The van der Waals surface area contributed by atoms with Crippen LogP contribution in [0, 0.1) is 0 Å². The van der Waals surface area contributed by atoms with Gasteiger partial charge in [0.05, 0.1) is 6.54 Å². The van der Waals surface area contributed by atoms with Crippen molar-refractivity contribution in [1.82, 2.24) is 58.5 Å². The summed E-state index contributed by atoms with van der Waals surface area (Å²) in [4.78, 5) is 140. The van der Waals surface area contributed by atoms with Gasteiger partial charge >= 0.3 is 6.03 Å². The van der Waals surface area contributed by atoms with E-state index in [-0.39, 0.29) is 75.7 Å². The van der Waals surface area contributed by atoms with E-state index < -0.39 is 114 Å². The van der Waals surface area contributed by atoms with Gasteiger partial charge < -0.3 is 75.1 Å².